The first-order chi connectivity index (χ1) is 33.6. The highest BCUT2D eigenvalue weighted by Crippen LogP contribution is 2.58. The third-order valence-electron chi connectivity index (χ3n) is 13.5. The summed E-state index contributed by atoms with van der Waals surface area (Å²) in [6.45, 7) is 1.83. The number of fused-ring (bicyclic) bond motifs is 4. The molecule has 11 aromatic carbocycles. The Balaban J connectivity index is 1.04. The first kappa shape index (κ1) is 40.4. The van der Waals surface area contributed by atoms with Crippen molar-refractivity contribution in [2.75, 3.05) is 4.90 Å². The van der Waals surface area contributed by atoms with Gasteiger partial charge in [0.25, 0.3) is 0 Å². The number of nitrogens with zero attached hydrogens (tertiary/aromatic N) is 2. The van der Waals surface area contributed by atoms with Gasteiger partial charge >= 0.3 is 0 Å². The van der Waals surface area contributed by atoms with Crippen LogP contribution in [0.3, 0.4) is 0 Å². The molecule has 12 rings (SSSR count). The number of hydrogen-bond acceptors (Lipinski definition) is 3. The van der Waals surface area contributed by atoms with Gasteiger partial charge in [-0.15, -0.1) is 0 Å². The Kier molecular flexibility index (Phi) is 9.93. The zero-order valence-corrected chi connectivity index (χ0v) is 37.4. The van der Waals surface area contributed by atoms with Gasteiger partial charge in [0.15, 0.2) is 0 Å². The summed E-state index contributed by atoms with van der Waals surface area (Å²) in [5.74, 6) is 0. The van der Waals surface area contributed by atoms with E-state index in [1.54, 1.807) is 0 Å². The van der Waals surface area contributed by atoms with E-state index in [2.05, 4.69) is 199 Å². The van der Waals surface area contributed by atoms with Gasteiger partial charge in [-0.1, -0.05) is 188 Å². The highest BCUT2D eigenvalue weighted by molar-refractivity contribution is 6.28. The fraction of sp³-hybridized carbons (Fsp3) is 0.0154. The summed E-state index contributed by atoms with van der Waals surface area (Å²) in [5, 5.41) is 23.9. The molecule has 1 aliphatic rings. The lowest BCUT2D eigenvalue weighted by Gasteiger charge is -2.27. The predicted octanol–water partition coefficient (Wildman–Crippen LogP) is 17.7. The zero-order chi connectivity index (χ0) is 45.7. The number of para-hydroxylation sites is 1. The number of benzene rings is 11. The van der Waals surface area contributed by atoms with Gasteiger partial charge in [-0.2, -0.15) is 5.26 Å². The van der Waals surface area contributed by atoms with Gasteiger partial charge < -0.3 is 10.3 Å². The van der Waals surface area contributed by atoms with Crippen LogP contribution in [0.25, 0.3) is 99.4 Å². The molecule has 318 valence electrons. The molecule has 3 heteroatoms. The first-order valence-corrected chi connectivity index (χ1v) is 23.1. The van der Waals surface area contributed by atoms with Gasteiger partial charge in [0.2, 0.25) is 0 Å². The van der Waals surface area contributed by atoms with E-state index in [0.29, 0.717) is 11.3 Å². The highest BCUT2D eigenvalue weighted by Gasteiger charge is 2.31. The molecule has 0 radical (unpaired) electrons. The Morgan fingerprint density at radius 3 is 1.49 bits per heavy atom. The van der Waals surface area contributed by atoms with E-state index in [1.807, 2.05) is 55.5 Å². The lowest BCUT2D eigenvalue weighted by Crippen LogP contribution is -2.10. The molecule has 0 saturated carbocycles. The molecule has 0 saturated heterocycles. The van der Waals surface area contributed by atoms with Crippen molar-refractivity contribution >= 4 is 44.3 Å². The van der Waals surface area contributed by atoms with Crippen LogP contribution in [0, 0.1) is 16.7 Å². The van der Waals surface area contributed by atoms with Crippen LogP contribution in [0.2, 0.25) is 0 Å². The Hall–Kier alpha value is -9.10. The Morgan fingerprint density at radius 2 is 0.853 bits per heavy atom. The Morgan fingerprint density at radius 1 is 0.368 bits per heavy atom. The van der Waals surface area contributed by atoms with Crippen LogP contribution < -0.4 is 4.90 Å². The van der Waals surface area contributed by atoms with E-state index in [4.69, 9.17) is 5.41 Å². The fourth-order valence-corrected chi connectivity index (χ4v) is 10.6. The third-order valence-corrected chi connectivity index (χ3v) is 13.5. The lowest BCUT2D eigenvalue weighted by molar-refractivity contribution is 1.28. The molecule has 1 N–H and O–H groups in total. The number of nitrogens with one attached hydrogen (secondary N) is 1. The second kappa shape index (κ2) is 16.7. The molecule has 1 aliphatic carbocycles. The largest absolute Gasteiger partial charge is 0.310 e. The lowest BCUT2D eigenvalue weighted by atomic mass is 9.82. The van der Waals surface area contributed by atoms with E-state index < -0.39 is 0 Å². The van der Waals surface area contributed by atoms with Crippen molar-refractivity contribution in [3.05, 3.63) is 248 Å². The van der Waals surface area contributed by atoms with Crippen LogP contribution in [0.1, 0.15) is 18.1 Å². The monoisotopic (exact) mass is 865 g/mol. The topological polar surface area (TPSA) is 50.9 Å². The van der Waals surface area contributed by atoms with Gasteiger partial charge in [0.1, 0.15) is 0 Å². The van der Waals surface area contributed by atoms with E-state index in [1.165, 1.54) is 71.6 Å². The average Bonchev–Trinajstić information content (AvgIpc) is 3.73. The van der Waals surface area contributed by atoms with Crippen LogP contribution in [0.4, 0.5) is 17.1 Å². The quantitative estimate of drug-likeness (QED) is 0.147. The van der Waals surface area contributed by atoms with Gasteiger partial charge in [-0.3, -0.25) is 0 Å². The van der Waals surface area contributed by atoms with Crippen molar-refractivity contribution in [1.82, 2.24) is 0 Å². The molecular weight excluding hydrogens is 823 g/mol. The SMILES string of the molecule is CC(=N)c1ccccc1-c1cc(-c2ccccc2C#N)cc(N(c2ccccc2)c2ccc(-c3ccc4c5c(cccc35)-c3c-4c(-c4ccccc4)c4ccccc4c3-c3ccccc3)cc2)c1. The maximum atomic E-state index is 10.3. The molecule has 3 nitrogen and oxygen atoms in total. The molecule has 0 amide bonds. The van der Waals surface area contributed by atoms with Crippen molar-refractivity contribution < 1.29 is 0 Å². The molecule has 0 bridgehead atoms. The van der Waals surface area contributed by atoms with Crippen LogP contribution in [0.15, 0.2) is 237 Å². The van der Waals surface area contributed by atoms with Crippen LogP contribution >= 0.6 is 0 Å². The smallest absolute Gasteiger partial charge is 0.0998 e. The first-order valence-electron chi connectivity index (χ1n) is 23.1. The Bertz CT molecular complexity index is 3720. The van der Waals surface area contributed by atoms with Crippen molar-refractivity contribution in [3.63, 3.8) is 0 Å². The van der Waals surface area contributed by atoms with Crippen LogP contribution in [-0.4, -0.2) is 5.71 Å². The summed E-state index contributed by atoms with van der Waals surface area (Å²) in [6.07, 6.45) is 0. The van der Waals surface area contributed by atoms with E-state index in [-0.39, 0.29) is 0 Å². The normalized spacial score (nSPS) is 11.4. The van der Waals surface area contributed by atoms with E-state index >= 15 is 0 Å². The average molecular weight is 866 g/mol. The molecular formula is C65H43N3. The molecule has 0 atom stereocenters. The molecule has 68 heavy (non-hydrogen) atoms. The summed E-state index contributed by atoms with van der Waals surface area (Å²) >= 11 is 0. The zero-order valence-electron chi connectivity index (χ0n) is 37.4. The van der Waals surface area contributed by atoms with Crippen LogP contribution in [-0.2, 0) is 0 Å². The third kappa shape index (κ3) is 6.70. The minimum atomic E-state index is 0.495. The molecule has 0 aliphatic heterocycles. The van der Waals surface area contributed by atoms with E-state index in [0.717, 1.165) is 50.4 Å². The van der Waals surface area contributed by atoms with Crippen molar-refractivity contribution in [3.8, 4) is 84.0 Å². The van der Waals surface area contributed by atoms with Gasteiger partial charge in [0.05, 0.1) is 11.6 Å². The minimum absolute atomic E-state index is 0.495. The second-order valence-electron chi connectivity index (χ2n) is 17.5. The summed E-state index contributed by atoms with van der Waals surface area (Å²) in [6, 6.07) is 86.4. The number of hydrogen-bond donors (Lipinski definition) is 1. The van der Waals surface area contributed by atoms with Crippen LogP contribution in [0.5, 0.6) is 0 Å². The van der Waals surface area contributed by atoms with E-state index in [9.17, 15) is 5.26 Å². The number of nitriles is 1. The summed E-state index contributed by atoms with van der Waals surface area (Å²) in [5.41, 5.74) is 21.0. The minimum Gasteiger partial charge on any atom is -0.310 e. The second-order valence-corrected chi connectivity index (χ2v) is 17.5. The van der Waals surface area contributed by atoms with Gasteiger partial charge in [-0.25, -0.2) is 0 Å². The molecule has 0 aromatic heterocycles. The predicted molar refractivity (Wildman–Crippen MR) is 285 cm³/mol. The Labute approximate surface area is 396 Å². The van der Waals surface area contributed by atoms with Gasteiger partial charge in [0, 0.05) is 28.3 Å². The number of rotatable bonds is 9. The van der Waals surface area contributed by atoms with Gasteiger partial charge in [-0.05, 0) is 155 Å². The molecule has 0 heterocycles. The van der Waals surface area contributed by atoms with Crippen molar-refractivity contribution in [2.24, 2.45) is 0 Å². The molecule has 0 unspecified atom stereocenters. The summed E-state index contributed by atoms with van der Waals surface area (Å²) in [4.78, 5) is 2.29. The molecule has 11 aromatic rings. The number of anilines is 3. The molecule has 0 spiro atoms. The maximum Gasteiger partial charge on any atom is 0.0998 e. The maximum absolute atomic E-state index is 10.3. The summed E-state index contributed by atoms with van der Waals surface area (Å²) in [7, 11) is 0. The molecule has 0 fully saturated rings. The highest BCUT2D eigenvalue weighted by atomic mass is 15.1. The fourth-order valence-electron chi connectivity index (χ4n) is 10.6. The standard InChI is InChI=1S/C65H43N3/c1-42(67)52-25-13-14-27-54(52)48-38-47(53-26-12-11-22-46(53)41-66)39-51(40-48)68(49-23-9-4-10-24-49)50-34-32-43(33-35-50)55-36-37-60-63-56(55)30-17-31-59(63)64-61(44-18-5-2-6-19-44)57-28-15-16-29-58(57)62(65(60)64)45-20-7-3-8-21-45/h2-40,67H,1H3. The van der Waals surface area contributed by atoms with Crippen molar-refractivity contribution in [2.45, 2.75) is 6.92 Å². The summed E-state index contributed by atoms with van der Waals surface area (Å²) < 4.78 is 0. The van der Waals surface area contributed by atoms with Crippen molar-refractivity contribution in [1.29, 1.82) is 10.7 Å².